The third-order valence-electron chi connectivity index (χ3n) is 4.45. The summed E-state index contributed by atoms with van der Waals surface area (Å²) in [5.74, 6) is 0.250. The second-order valence-corrected chi connectivity index (χ2v) is 7.45. The van der Waals surface area contributed by atoms with E-state index in [4.69, 9.17) is 4.65 Å². The van der Waals surface area contributed by atoms with E-state index in [9.17, 15) is 15.2 Å². The zero-order chi connectivity index (χ0) is 19.1. The summed E-state index contributed by atoms with van der Waals surface area (Å²) in [6.07, 6.45) is 7.43. The second kappa shape index (κ2) is 10.1. The van der Waals surface area contributed by atoms with E-state index in [0.29, 0.717) is 18.3 Å². The van der Waals surface area contributed by atoms with Gasteiger partial charge in [-0.05, 0) is 48.6 Å². The lowest BCUT2D eigenvalue weighted by Gasteiger charge is -2.28. The Balaban J connectivity index is 2.15. The van der Waals surface area contributed by atoms with Crippen LogP contribution < -0.4 is 0 Å². The fraction of sp³-hybridized carbons (Fsp3) is 0.400. The molecule has 0 saturated carbocycles. The molecule has 0 aromatic heterocycles. The summed E-state index contributed by atoms with van der Waals surface area (Å²) in [6, 6.07) is 5.37. The Kier molecular flexibility index (Phi) is 8.16. The summed E-state index contributed by atoms with van der Waals surface area (Å²) in [5.41, 5.74) is 3.49. The molecular weight excluding hydrogens is 395 g/mol. The van der Waals surface area contributed by atoms with Crippen LogP contribution in [0.2, 0.25) is 6.32 Å². The highest BCUT2D eigenvalue weighted by atomic mass is 79.9. The Morgan fingerprint density at radius 3 is 2.88 bits per heavy atom. The number of aliphatic hydroxyl groups is 1. The number of rotatable bonds is 8. The van der Waals surface area contributed by atoms with E-state index in [2.05, 4.69) is 29.4 Å². The molecule has 0 bridgehead atoms. The Morgan fingerprint density at radius 1 is 1.42 bits per heavy atom. The van der Waals surface area contributed by atoms with Crippen molar-refractivity contribution in [3.05, 3.63) is 57.6 Å². The molecule has 1 unspecified atom stereocenters. The van der Waals surface area contributed by atoms with Crippen molar-refractivity contribution < 1.29 is 19.9 Å². The van der Waals surface area contributed by atoms with Crippen LogP contribution in [-0.2, 0) is 4.65 Å². The van der Waals surface area contributed by atoms with Crippen molar-refractivity contribution in [3.8, 4) is 5.75 Å². The van der Waals surface area contributed by atoms with Crippen molar-refractivity contribution >= 4 is 29.1 Å². The van der Waals surface area contributed by atoms with E-state index in [0.717, 1.165) is 34.9 Å². The minimum absolute atomic E-state index is 0.120. The van der Waals surface area contributed by atoms with E-state index in [-0.39, 0.29) is 18.5 Å². The van der Waals surface area contributed by atoms with Gasteiger partial charge < -0.3 is 19.9 Å². The number of hydrogen-bond donors (Lipinski definition) is 3. The summed E-state index contributed by atoms with van der Waals surface area (Å²) < 4.78 is 6.59. The number of hydrogen-bond acceptors (Lipinski definition) is 4. The number of phenols is 1. The van der Waals surface area contributed by atoms with Gasteiger partial charge in [0.05, 0.1) is 12.7 Å². The maximum absolute atomic E-state index is 10.1. The molecule has 26 heavy (non-hydrogen) atoms. The summed E-state index contributed by atoms with van der Waals surface area (Å²) in [4.78, 5) is 0. The first kappa shape index (κ1) is 21.0. The first-order valence-corrected chi connectivity index (χ1v) is 9.74. The average Bonchev–Trinajstić information content (AvgIpc) is 2.62. The van der Waals surface area contributed by atoms with Gasteiger partial charge in [-0.2, -0.15) is 0 Å². The first-order valence-electron chi connectivity index (χ1n) is 8.95. The van der Waals surface area contributed by atoms with Crippen molar-refractivity contribution in [1.82, 2.24) is 0 Å². The summed E-state index contributed by atoms with van der Waals surface area (Å²) >= 11 is 3.44. The van der Waals surface area contributed by atoms with Crippen LogP contribution in [-0.4, -0.2) is 35.1 Å². The maximum Gasteiger partial charge on any atom is 0.458 e. The molecule has 4 nitrogen and oxygen atoms in total. The third kappa shape index (κ3) is 5.84. The Bertz CT molecular complexity index is 699. The van der Waals surface area contributed by atoms with Crippen LogP contribution in [0.5, 0.6) is 5.75 Å². The van der Waals surface area contributed by atoms with Crippen LogP contribution >= 0.6 is 15.9 Å². The largest absolute Gasteiger partial charge is 0.507 e. The molecule has 0 aliphatic carbocycles. The highest BCUT2D eigenvalue weighted by Gasteiger charge is 2.28. The minimum Gasteiger partial charge on any atom is -0.507 e. The van der Waals surface area contributed by atoms with Crippen molar-refractivity contribution in [1.29, 1.82) is 0 Å². The van der Waals surface area contributed by atoms with Gasteiger partial charge >= 0.3 is 7.12 Å². The second-order valence-electron chi connectivity index (χ2n) is 6.53. The van der Waals surface area contributed by atoms with Gasteiger partial charge in [-0.15, -0.1) is 0 Å². The summed E-state index contributed by atoms with van der Waals surface area (Å²) in [5, 5.41) is 29.3. The zero-order valence-electron chi connectivity index (χ0n) is 15.1. The van der Waals surface area contributed by atoms with Gasteiger partial charge in [0.15, 0.2) is 0 Å². The zero-order valence-corrected chi connectivity index (χ0v) is 16.7. The van der Waals surface area contributed by atoms with Crippen molar-refractivity contribution in [2.24, 2.45) is 0 Å². The van der Waals surface area contributed by atoms with E-state index < -0.39 is 7.12 Å². The first-order chi connectivity index (χ1) is 12.4. The lowest BCUT2D eigenvalue weighted by molar-refractivity contribution is 0.180. The van der Waals surface area contributed by atoms with Crippen molar-refractivity contribution in [2.75, 3.05) is 6.61 Å². The highest BCUT2D eigenvalue weighted by molar-refractivity contribution is 9.10. The van der Waals surface area contributed by atoms with Gasteiger partial charge in [-0.3, -0.25) is 0 Å². The molecule has 140 valence electrons. The van der Waals surface area contributed by atoms with E-state index in [1.807, 2.05) is 18.2 Å². The van der Waals surface area contributed by atoms with Gasteiger partial charge in [0.25, 0.3) is 0 Å². The number of benzene rings is 1. The minimum atomic E-state index is -0.817. The number of halogens is 1. The number of allylic oxidation sites excluding steroid dienone is 2. The quantitative estimate of drug-likeness (QED) is 0.542. The molecule has 2 rings (SSSR count). The van der Waals surface area contributed by atoms with Gasteiger partial charge in [0.1, 0.15) is 5.75 Å². The summed E-state index contributed by atoms with van der Waals surface area (Å²) in [7, 11) is -0.817. The molecule has 0 fully saturated rings. The third-order valence-corrected chi connectivity index (χ3v) is 4.95. The van der Waals surface area contributed by atoms with E-state index in [1.165, 1.54) is 5.57 Å². The topological polar surface area (TPSA) is 69.9 Å². The van der Waals surface area contributed by atoms with Crippen LogP contribution in [0.3, 0.4) is 0 Å². The lowest BCUT2D eigenvalue weighted by Crippen LogP contribution is -2.32. The lowest BCUT2D eigenvalue weighted by atomic mass is 9.78. The Morgan fingerprint density at radius 2 is 2.19 bits per heavy atom. The number of aromatic hydroxyl groups is 1. The maximum atomic E-state index is 10.1. The van der Waals surface area contributed by atoms with Crippen LogP contribution in [0, 0.1) is 0 Å². The van der Waals surface area contributed by atoms with Crippen molar-refractivity contribution in [2.45, 2.75) is 45.0 Å². The van der Waals surface area contributed by atoms with Gasteiger partial charge in [0.2, 0.25) is 0 Å². The van der Waals surface area contributed by atoms with Gasteiger partial charge in [-0.25, -0.2) is 0 Å². The van der Waals surface area contributed by atoms with E-state index in [1.54, 1.807) is 12.1 Å². The molecule has 0 saturated heterocycles. The molecule has 1 atom stereocenters. The number of phenolic OH excluding ortho intramolecular Hbond substituents is 1. The highest BCUT2D eigenvalue weighted by Crippen LogP contribution is 2.30. The van der Waals surface area contributed by atoms with Crippen molar-refractivity contribution in [3.63, 3.8) is 0 Å². The fourth-order valence-corrected chi connectivity index (χ4v) is 3.51. The molecule has 3 N–H and O–H groups in total. The molecule has 0 amide bonds. The van der Waals surface area contributed by atoms with Crippen LogP contribution in [0.1, 0.15) is 38.2 Å². The normalized spacial score (nSPS) is 18.0. The molecule has 1 aliphatic rings. The van der Waals surface area contributed by atoms with Crippen LogP contribution in [0.25, 0.3) is 6.08 Å². The van der Waals surface area contributed by atoms with Crippen LogP contribution in [0.15, 0.2) is 52.0 Å². The summed E-state index contributed by atoms with van der Waals surface area (Å²) in [6.45, 7) is 5.89. The molecule has 1 aromatic carbocycles. The van der Waals surface area contributed by atoms with Gasteiger partial charge in [-0.1, -0.05) is 53.6 Å². The molecule has 1 aromatic rings. The molecular formula is C20H26BBrO4. The average molecular weight is 421 g/mol. The Hall–Kier alpha value is -1.34. The number of aliphatic hydroxyl groups excluding tert-OH is 1. The fourth-order valence-electron chi connectivity index (χ4n) is 3.13. The SMILES string of the molecule is C=C(CO)C1=CCB(O)OC1CC/C(=C/c1cc(Br)ccc1O)CCC. The monoisotopic (exact) mass is 420 g/mol. The van der Waals surface area contributed by atoms with Crippen LogP contribution in [0.4, 0.5) is 0 Å². The predicted octanol–water partition coefficient (Wildman–Crippen LogP) is 4.47. The molecule has 0 spiro atoms. The smallest absolute Gasteiger partial charge is 0.458 e. The predicted molar refractivity (Wildman–Crippen MR) is 110 cm³/mol. The molecule has 0 radical (unpaired) electrons. The molecule has 6 heteroatoms. The molecule has 1 aliphatic heterocycles. The Labute approximate surface area is 164 Å². The molecule has 1 heterocycles. The van der Waals surface area contributed by atoms with Gasteiger partial charge in [0, 0.05) is 16.4 Å². The van der Waals surface area contributed by atoms with E-state index >= 15 is 0 Å². The standard InChI is InChI=1S/C20H26BBrO4/c1-3-4-15(11-16-12-17(22)6-7-19(16)24)5-8-20-18(14(2)13-23)9-10-21(25)26-20/h6-7,9,11-12,20,23-25H,2-5,8,10,13H2,1H3/b15-11+.